The fourth-order valence-corrected chi connectivity index (χ4v) is 1.61. The summed E-state index contributed by atoms with van der Waals surface area (Å²) in [4.78, 5) is 0. The average Bonchev–Trinajstić information content (AvgIpc) is 2.16. The molecule has 0 heterocycles. The van der Waals surface area contributed by atoms with E-state index in [1.807, 2.05) is 12.1 Å². The number of hydrogen-bond acceptors (Lipinski definition) is 0. The molecule has 0 atom stereocenters. The number of rotatable bonds is 3. The van der Waals surface area contributed by atoms with E-state index in [0.29, 0.717) is 0 Å². The molecule has 1 nitrogen and oxygen atoms in total. The highest BCUT2D eigenvalue weighted by molar-refractivity contribution is 5.34. The van der Waals surface area contributed by atoms with Gasteiger partial charge in [-0.25, -0.2) is 5.11 Å². The summed E-state index contributed by atoms with van der Waals surface area (Å²) in [6.07, 6.45) is 2.00. The smallest absolute Gasteiger partial charge is 0.108 e. The van der Waals surface area contributed by atoms with Crippen molar-refractivity contribution in [2.45, 2.75) is 33.3 Å². The van der Waals surface area contributed by atoms with Crippen molar-refractivity contribution in [3.63, 3.8) is 0 Å². The van der Waals surface area contributed by atoms with Gasteiger partial charge in [-0.15, -0.1) is 0 Å². The van der Waals surface area contributed by atoms with Crippen LogP contribution in [0.3, 0.4) is 0 Å². The van der Waals surface area contributed by atoms with E-state index in [1.54, 1.807) is 0 Å². The maximum Gasteiger partial charge on any atom is 0.108 e. The Kier molecular flexibility index (Phi) is 3.30. The zero-order chi connectivity index (χ0) is 8.97. The normalized spacial score (nSPS) is 10.2. The average molecular weight is 163 g/mol. The van der Waals surface area contributed by atoms with E-state index in [1.165, 1.54) is 11.1 Å². The predicted octanol–water partition coefficient (Wildman–Crippen LogP) is 2.74. The lowest BCUT2D eigenvalue weighted by atomic mass is 9.98. The first kappa shape index (κ1) is 9.27. The van der Waals surface area contributed by atoms with Crippen molar-refractivity contribution >= 4 is 0 Å². The molecule has 12 heavy (non-hydrogen) atoms. The topological polar surface area (TPSA) is 19.9 Å². The van der Waals surface area contributed by atoms with Gasteiger partial charge in [0.15, 0.2) is 0 Å². The van der Waals surface area contributed by atoms with Gasteiger partial charge in [-0.3, -0.25) is 0 Å². The van der Waals surface area contributed by atoms with Crippen LogP contribution in [0.2, 0.25) is 0 Å². The third-order valence-electron chi connectivity index (χ3n) is 2.26. The van der Waals surface area contributed by atoms with Gasteiger partial charge in [0, 0.05) is 0 Å². The van der Waals surface area contributed by atoms with Crippen LogP contribution >= 0.6 is 0 Å². The molecule has 0 unspecified atom stereocenters. The van der Waals surface area contributed by atoms with Crippen molar-refractivity contribution in [2.75, 3.05) is 0 Å². The maximum atomic E-state index is 10.8. The van der Waals surface area contributed by atoms with Gasteiger partial charge in [0.05, 0.1) is 0 Å². The Hall–Kier alpha value is -0.820. The number of benzene rings is 1. The minimum Gasteiger partial charge on any atom is -0.232 e. The zero-order valence-corrected chi connectivity index (χ0v) is 7.76. The summed E-state index contributed by atoms with van der Waals surface area (Å²) < 4.78 is 0. The van der Waals surface area contributed by atoms with Gasteiger partial charge >= 0.3 is 0 Å². The Morgan fingerprint density at radius 2 is 1.75 bits per heavy atom. The first-order chi connectivity index (χ1) is 5.83. The molecule has 0 saturated carbocycles. The SMILES string of the molecule is CCc1cccc(C[O])c1CC. The number of aryl methyl sites for hydroxylation is 1. The van der Waals surface area contributed by atoms with Crippen LogP contribution in [-0.4, -0.2) is 0 Å². The molecule has 1 rings (SSSR count). The third-order valence-corrected chi connectivity index (χ3v) is 2.26. The van der Waals surface area contributed by atoms with Crippen molar-refractivity contribution in [2.24, 2.45) is 0 Å². The molecule has 0 aliphatic carbocycles. The second-order valence-electron chi connectivity index (χ2n) is 2.91. The van der Waals surface area contributed by atoms with Gasteiger partial charge in [0.25, 0.3) is 0 Å². The molecule has 1 aromatic carbocycles. The third kappa shape index (κ3) is 1.67. The van der Waals surface area contributed by atoms with E-state index >= 15 is 0 Å². The highest BCUT2D eigenvalue weighted by Crippen LogP contribution is 2.16. The molecular weight excluding hydrogens is 148 g/mol. The van der Waals surface area contributed by atoms with E-state index in [-0.39, 0.29) is 6.61 Å². The van der Waals surface area contributed by atoms with Crippen LogP contribution in [0.15, 0.2) is 18.2 Å². The van der Waals surface area contributed by atoms with Crippen molar-refractivity contribution < 1.29 is 5.11 Å². The summed E-state index contributed by atoms with van der Waals surface area (Å²) in [7, 11) is 0. The largest absolute Gasteiger partial charge is 0.232 e. The van der Waals surface area contributed by atoms with Crippen LogP contribution in [0.5, 0.6) is 0 Å². The first-order valence-electron chi connectivity index (χ1n) is 4.51. The zero-order valence-electron chi connectivity index (χ0n) is 7.76. The van der Waals surface area contributed by atoms with Gasteiger partial charge in [-0.05, 0) is 29.5 Å². The summed E-state index contributed by atoms with van der Waals surface area (Å²) >= 11 is 0. The van der Waals surface area contributed by atoms with E-state index in [9.17, 15) is 5.11 Å². The fourth-order valence-electron chi connectivity index (χ4n) is 1.61. The van der Waals surface area contributed by atoms with Gasteiger partial charge in [0.2, 0.25) is 0 Å². The van der Waals surface area contributed by atoms with Gasteiger partial charge < -0.3 is 0 Å². The van der Waals surface area contributed by atoms with Crippen LogP contribution < -0.4 is 0 Å². The summed E-state index contributed by atoms with van der Waals surface area (Å²) in [6, 6.07) is 6.02. The van der Waals surface area contributed by atoms with E-state index in [0.717, 1.165) is 18.4 Å². The Bertz CT molecular complexity index is 231. The van der Waals surface area contributed by atoms with E-state index in [4.69, 9.17) is 0 Å². The Morgan fingerprint density at radius 3 is 2.25 bits per heavy atom. The molecule has 0 N–H and O–H groups in total. The quantitative estimate of drug-likeness (QED) is 0.653. The monoisotopic (exact) mass is 163 g/mol. The molecule has 0 aliphatic heterocycles. The molecule has 1 aromatic rings. The van der Waals surface area contributed by atoms with Crippen LogP contribution in [0.1, 0.15) is 30.5 Å². The highest BCUT2D eigenvalue weighted by atomic mass is 16.3. The lowest BCUT2D eigenvalue weighted by molar-refractivity contribution is 0.176. The summed E-state index contributed by atoms with van der Waals surface area (Å²) in [5.74, 6) is 0. The van der Waals surface area contributed by atoms with Crippen LogP contribution in [0.25, 0.3) is 0 Å². The Labute approximate surface area is 74.1 Å². The van der Waals surface area contributed by atoms with Crippen molar-refractivity contribution in [1.82, 2.24) is 0 Å². The molecule has 65 valence electrons. The molecule has 0 bridgehead atoms. The van der Waals surface area contributed by atoms with E-state index < -0.39 is 0 Å². The van der Waals surface area contributed by atoms with Gasteiger partial charge in [0.1, 0.15) is 6.61 Å². The molecule has 1 heteroatoms. The Morgan fingerprint density at radius 1 is 1.08 bits per heavy atom. The lowest BCUT2D eigenvalue weighted by Crippen LogP contribution is -1.97. The molecule has 0 aromatic heterocycles. The lowest BCUT2D eigenvalue weighted by Gasteiger charge is -2.09. The minimum atomic E-state index is -0.0863. The molecule has 0 saturated heterocycles. The summed E-state index contributed by atoms with van der Waals surface area (Å²) in [5.41, 5.74) is 3.55. The minimum absolute atomic E-state index is 0.0863. The summed E-state index contributed by atoms with van der Waals surface area (Å²) in [5, 5.41) is 10.8. The fraction of sp³-hybridized carbons (Fsp3) is 0.455. The second kappa shape index (κ2) is 4.27. The first-order valence-corrected chi connectivity index (χ1v) is 4.51. The second-order valence-corrected chi connectivity index (χ2v) is 2.91. The molecule has 0 aliphatic rings. The molecule has 0 fully saturated rings. The molecule has 0 spiro atoms. The Balaban J connectivity index is 3.13. The molecule has 1 radical (unpaired) electrons. The van der Waals surface area contributed by atoms with Gasteiger partial charge in [-0.1, -0.05) is 32.0 Å². The van der Waals surface area contributed by atoms with Crippen LogP contribution in [0.4, 0.5) is 0 Å². The van der Waals surface area contributed by atoms with Crippen molar-refractivity contribution in [1.29, 1.82) is 0 Å². The summed E-state index contributed by atoms with van der Waals surface area (Å²) in [6.45, 7) is 4.15. The van der Waals surface area contributed by atoms with Gasteiger partial charge in [-0.2, -0.15) is 0 Å². The van der Waals surface area contributed by atoms with Crippen LogP contribution in [-0.2, 0) is 24.6 Å². The molecule has 0 amide bonds. The molecular formula is C11H15O. The maximum absolute atomic E-state index is 10.8. The highest BCUT2D eigenvalue weighted by Gasteiger charge is 2.03. The van der Waals surface area contributed by atoms with Crippen LogP contribution in [0, 0.1) is 0 Å². The predicted molar refractivity (Wildman–Crippen MR) is 49.6 cm³/mol. The van der Waals surface area contributed by atoms with Crippen molar-refractivity contribution in [3.05, 3.63) is 34.9 Å². The standard InChI is InChI=1S/C11H15O/c1-3-9-6-5-7-10(8-12)11(9)4-2/h5-7H,3-4,8H2,1-2H3. The van der Waals surface area contributed by atoms with Crippen molar-refractivity contribution in [3.8, 4) is 0 Å². The number of hydrogen-bond donors (Lipinski definition) is 0. The van der Waals surface area contributed by atoms with E-state index in [2.05, 4.69) is 19.9 Å².